The Morgan fingerprint density at radius 1 is 1.38 bits per heavy atom. The molecule has 2 N–H and O–H groups in total. The van der Waals surface area contributed by atoms with Gasteiger partial charge in [-0.25, -0.2) is 0 Å². The molecule has 2 atom stereocenters. The molecule has 7 nitrogen and oxygen atoms in total. The van der Waals surface area contributed by atoms with Gasteiger partial charge in [0.05, 0.1) is 16.0 Å². The number of benzene rings is 1. The zero-order chi connectivity index (χ0) is 18.0. The zero-order valence-corrected chi connectivity index (χ0v) is 14.3. The lowest BCUT2D eigenvalue weighted by Gasteiger charge is -2.35. The van der Waals surface area contributed by atoms with Crippen LogP contribution in [0.2, 0.25) is 5.02 Å². The molecule has 0 aromatic heterocycles. The molecule has 1 amide bonds. The number of carbonyl (C=O) groups excluding carboxylic acids is 1. The number of nitrogens with two attached hydrogens (primary N) is 1. The van der Waals surface area contributed by atoms with Gasteiger partial charge in [-0.3, -0.25) is 14.9 Å². The van der Waals surface area contributed by atoms with E-state index in [4.69, 9.17) is 17.3 Å². The van der Waals surface area contributed by atoms with Crippen LogP contribution in [0.15, 0.2) is 12.1 Å². The summed E-state index contributed by atoms with van der Waals surface area (Å²) in [5.41, 5.74) is 5.64. The van der Waals surface area contributed by atoms with Crippen molar-refractivity contribution in [2.45, 2.75) is 18.9 Å². The van der Waals surface area contributed by atoms with Crippen molar-refractivity contribution in [2.75, 3.05) is 33.2 Å². The summed E-state index contributed by atoms with van der Waals surface area (Å²) in [5.74, 6) is -1.80. The summed E-state index contributed by atoms with van der Waals surface area (Å²) in [5, 5.41) is 10.8. The van der Waals surface area contributed by atoms with Crippen LogP contribution in [-0.4, -0.2) is 59.9 Å². The third kappa shape index (κ3) is 3.82. The van der Waals surface area contributed by atoms with Crippen LogP contribution in [0.1, 0.15) is 18.4 Å². The minimum absolute atomic E-state index is 0.0252. The largest absolute Gasteiger partial charge is 0.339 e. The van der Waals surface area contributed by atoms with Gasteiger partial charge in [0, 0.05) is 38.2 Å². The van der Waals surface area contributed by atoms with Crippen molar-refractivity contribution in [3.8, 4) is 0 Å². The number of amides is 1. The van der Waals surface area contributed by atoms with E-state index in [1.165, 1.54) is 0 Å². The number of hydrogen-bond donors (Lipinski definition) is 1. The average molecular weight is 359 g/mol. The molecule has 9 heteroatoms. The number of rotatable bonds is 4. The Morgan fingerprint density at radius 3 is 2.50 bits per heavy atom. The van der Waals surface area contributed by atoms with Gasteiger partial charge in [0.2, 0.25) is 11.7 Å². The molecular weight excluding hydrogens is 339 g/mol. The fraction of sp³-hybridized carbons (Fsp3) is 0.533. The molecule has 1 saturated heterocycles. The van der Waals surface area contributed by atoms with Gasteiger partial charge in [-0.2, -0.15) is 4.39 Å². The standard InChI is InChI=1S/C15H20ClFN4O3/c1-9(10-7-12(17)13(21(23)24)8-11(10)16)14(18)15(22)20-5-3-19(2)4-6-20/h7-9,14H,3-6,18H2,1-2H3. The van der Waals surface area contributed by atoms with E-state index in [0.717, 1.165) is 25.2 Å². The van der Waals surface area contributed by atoms with Crippen molar-refractivity contribution >= 4 is 23.2 Å². The molecule has 1 aromatic carbocycles. The highest BCUT2D eigenvalue weighted by molar-refractivity contribution is 6.31. The molecule has 0 spiro atoms. The van der Waals surface area contributed by atoms with Crippen molar-refractivity contribution in [3.05, 3.63) is 38.7 Å². The first-order valence-corrected chi connectivity index (χ1v) is 7.96. The summed E-state index contributed by atoms with van der Waals surface area (Å²) in [4.78, 5) is 26.2. The van der Waals surface area contributed by atoms with E-state index in [9.17, 15) is 19.3 Å². The molecule has 1 aliphatic heterocycles. The van der Waals surface area contributed by atoms with Crippen molar-refractivity contribution in [1.82, 2.24) is 9.80 Å². The highest BCUT2D eigenvalue weighted by Crippen LogP contribution is 2.32. The molecule has 0 radical (unpaired) electrons. The smallest absolute Gasteiger partial charge is 0.306 e. The Kier molecular flexibility index (Phi) is 5.74. The number of nitro groups is 1. The maximum Gasteiger partial charge on any atom is 0.306 e. The summed E-state index contributed by atoms with van der Waals surface area (Å²) in [6.45, 7) is 4.35. The molecule has 1 aliphatic rings. The quantitative estimate of drug-likeness (QED) is 0.651. The van der Waals surface area contributed by atoms with Gasteiger partial charge in [0.15, 0.2) is 0 Å². The van der Waals surface area contributed by atoms with Gasteiger partial charge in [-0.15, -0.1) is 0 Å². The molecule has 1 heterocycles. The number of nitro benzene ring substituents is 1. The minimum atomic E-state index is -0.995. The normalized spacial score (nSPS) is 18.3. The van der Waals surface area contributed by atoms with Crippen LogP contribution in [0.4, 0.5) is 10.1 Å². The first-order chi connectivity index (χ1) is 11.2. The van der Waals surface area contributed by atoms with E-state index in [2.05, 4.69) is 4.90 Å². The third-order valence-corrected chi connectivity index (χ3v) is 4.72. The number of likely N-dealkylation sites (N-methyl/N-ethyl adjacent to an activating group) is 1. The second-order valence-corrected chi connectivity index (χ2v) is 6.43. The average Bonchev–Trinajstić information content (AvgIpc) is 2.55. The predicted molar refractivity (Wildman–Crippen MR) is 88.5 cm³/mol. The summed E-state index contributed by atoms with van der Waals surface area (Å²) < 4.78 is 13.9. The van der Waals surface area contributed by atoms with Crippen molar-refractivity contribution in [2.24, 2.45) is 5.73 Å². The van der Waals surface area contributed by atoms with Crippen molar-refractivity contribution < 1.29 is 14.1 Å². The fourth-order valence-corrected chi connectivity index (χ4v) is 3.02. The SMILES string of the molecule is CC(c1cc(F)c([N+](=O)[O-])cc1Cl)C(N)C(=O)N1CCN(C)CC1. The summed E-state index contributed by atoms with van der Waals surface area (Å²) >= 11 is 6.04. The molecule has 1 fully saturated rings. The van der Waals surface area contributed by atoms with Crippen molar-refractivity contribution in [3.63, 3.8) is 0 Å². The molecule has 2 rings (SSSR count). The van der Waals surface area contributed by atoms with E-state index < -0.39 is 28.4 Å². The predicted octanol–water partition coefficient (Wildman–Crippen LogP) is 1.59. The van der Waals surface area contributed by atoms with Gasteiger partial charge >= 0.3 is 5.69 Å². The molecule has 0 saturated carbocycles. The minimum Gasteiger partial charge on any atom is -0.339 e. The second kappa shape index (κ2) is 7.42. The van der Waals surface area contributed by atoms with Gasteiger partial charge in [-0.1, -0.05) is 18.5 Å². The van der Waals surface area contributed by atoms with Gasteiger partial charge in [0.25, 0.3) is 0 Å². The molecule has 24 heavy (non-hydrogen) atoms. The summed E-state index contributed by atoms with van der Waals surface area (Å²) in [6, 6.07) is 1.05. The van der Waals surface area contributed by atoms with E-state index in [0.29, 0.717) is 13.1 Å². The fourth-order valence-electron chi connectivity index (χ4n) is 2.69. The number of hydrogen-bond acceptors (Lipinski definition) is 5. The first-order valence-electron chi connectivity index (χ1n) is 7.58. The van der Waals surface area contributed by atoms with Crippen LogP contribution in [0.25, 0.3) is 0 Å². The number of carbonyl (C=O) groups is 1. The van der Waals surface area contributed by atoms with Crippen LogP contribution in [0, 0.1) is 15.9 Å². The second-order valence-electron chi connectivity index (χ2n) is 6.03. The maximum atomic E-state index is 13.9. The van der Waals surface area contributed by atoms with Crippen molar-refractivity contribution in [1.29, 1.82) is 0 Å². The van der Waals surface area contributed by atoms with E-state index >= 15 is 0 Å². The van der Waals surface area contributed by atoms with Crippen LogP contribution >= 0.6 is 11.6 Å². The van der Waals surface area contributed by atoms with Gasteiger partial charge in [0.1, 0.15) is 0 Å². The van der Waals surface area contributed by atoms with E-state index in [1.54, 1.807) is 11.8 Å². The number of piperazine rings is 1. The van der Waals surface area contributed by atoms with Crippen LogP contribution < -0.4 is 5.73 Å². The first kappa shape index (κ1) is 18.6. The molecule has 2 unspecified atom stereocenters. The number of halogens is 2. The lowest BCUT2D eigenvalue weighted by molar-refractivity contribution is -0.387. The molecule has 132 valence electrons. The lowest BCUT2D eigenvalue weighted by atomic mass is 9.92. The van der Waals surface area contributed by atoms with Crippen LogP contribution in [0.3, 0.4) is 0 Å². The molecule has 1 aromatic rings. The number of nitrogens with zero attached hydrogens (tertiary/aromatic N) is 3. The van der Waals surface area contributed by atoms with Gasteiger partial charge < -0.3 is 15.5 Å². The van der Waals surface area contributed by atoms with E-state index in [-0.39, 0.29) is 16.5 Å². The monoisotopic (exact) mass is 358 g/mol. The summed E-state index contributed by atoms with van der Waals surface area (Å²) in [6.07, 6.45) is 0. The Balaban J connectivity index is 2.18. The van der Waals surface area contributed by atoms with Gasteiger partial charge in [-0.05, 0) is 18.7 Å². The van der Waals surface area contributed by atoms with E-state index in [1.807, 2.05) is 7.05 Å². The Bertz CT molecular complexity index is 650. The highest BCUT2D eigenvalue weighted by Gasteiger charge is 2.31. The molecule has 0 bridgehead atoms. The Morgan fingerprint density at radius 2 is 1.96 bits per heavy atom. The lowest BCUT2D eigenvalue weighted by Crippen LogP contribution is -2.53. The summed E-state index contributed by atoms with van der Waals surface area (Å²) in [7, 11) is 1.98. The zero-order valence-electron chi connectivity index (χ0n) is 13.5. The molecular formula is C15H20ClFN4O3. The molecule has 0 aliphatic carbocycles. The Hall–Kier alpha value is -1.77. The highest BCUT2D eigenvalue weighted by atomic mass is 35.5. The topological polar surface area (TPSA) is 92.7 Å². The van der Waals surface area contributed by atoms with Crippen LogP contribution in [0.5, 0.6) is 0 Å². The Labute approximate surface area is 144 Å². The van der Waals surface area contributed by atoms with Crippen LogP contribution in [-0.2, 0) is 4.79 Å². The third-order valence-electron chi connectivity index (χ3n) is 4.39. The maximum absolute atomic E-state index is 13.9.